The van der Waals surface area contributed by atoms with Crippen LogP contribution in [-0.4, -0.2) is 30.5 Å². The molecule has 0 aliphatic heterocycles. The molecule has 98 valence electrons. The third-order valence-corrected chi connectivity index (χ3v) is 2.34. The molecule has 0 aliphatic rings. The van der Waals surface area contributed by atoms with E-state index < -0.39 is 18.1 Å². The highest BCUT2D eigenvalue weighted by Gasteiger charge is 2.27. The highest BCUT2D eigenvalue weighted by Crippen LogP contribution is 2.29. The van der Waals surface area contributed by atoms with Crippen molar-refractivity contribution in [3.8, 4) is 0 Å². The molecule has 0 radical (unpaired) electrons. The minimum Gasteiger partial charge on any atom is -0.316 e. The lowest BCUT2D eigenvalue weighted by Gasteiger charge is -2.07. The number of hydrogen-bond donors (Lipinski definition) is 1. The molecule has 0 saturated carbocycles. The number of alkyl halides is 6. The van der Waals surface area contributed by atoms with Crippen LogP contribution in [0.4, 0.5) is 26.3 Å². The van der Waals surface area contributed by atoms with Crippen LogP contribution in [0.25, 0.3) is 0 Å². The third kappa shape index (κ3) is 13.9. The Balaban J connectivity index is 3.17. The first-order valence-electron chi connectivity index (χ1n) is 4.69. The van der Waals surface area contributed by atoms with Gasteiger partial charge in [-0.3, -0.25) is 0 Å². The lowest BCUT2D eigenvalue weighted by atomic mass is 10.2. The van der Waals surface area contributed by atoms with Crippen LogP contribution in [0.1, 0.15) is 19.3 Å². The van der Waals surface area contributed by atoms with Crippen LogP contribution in [0.15, 0.2) is 0 Å². The Morgan fingerprint density at radius 2 is 1.50 bits per heavy atom. The summed E-state index contributed by atoms with van der Waals surface area (Å²) in [5.74, 6) is -0.122. The number of unbranched alkanes of at least 4 members (excludes halogenated alkanes) is 1. The van der Waals surface area contributed by atoms with Crippen molar-refractivity contribution in [2.45, 2.75) is 30.9 Å². The molecule has 0 aromatic heterocycles. The van der Waals surface area contributed by atoms with Crippen molar-refractivity contribution in [2.75, 3.05) is 18.8 Å². The van der Waals surface area contributed by atoms with Gasteiger partial charge in [0.05, 0.1) is 0 Å². The monoisotopic (exact) mass is 269 g/mol. The van der Waals surface area contributed by atoms with Gasteiger partial charge in [0.2, 0.25) is 0 Å². The largest absolute Gasteiger partial charge is 0.441 e. The summed E-state index contributed by atoms with van der Waals surface area (Å²) in [6.07, 6.45) is -4.67. The molecule has 0 bridgehead atoms. The SMILES string of the molecule is FC(F)(F)CCCCNCCSC(F)(F)F. The number of halogens is 6. The van der Waals surface area contributed by atoms with E-state index in [-0.39, 0.29) is 30.5 Å². The molecule has 0 aliphatic carbocycles. The zero-order chi connectivity index (χ0) is 12.7. The zero-order valence-corrected chi connectivity index (χ0v) is 9.24. The number of rotatable bonds is 7. The fraction of sp³-hybridized carbons (Fsp3) is 1.00. The molecule has 0 spiro atoms. The van der Waals surface area contributed by atoms with E-state index >= 15 is 0 Å². The van der Waals surface area contributed by atoms with Crippen LogP contribution in [-0.2, 0) is 0 Å². The Hall–Kier alpha value is -0.110. The summed E-state index contributed by atoms with van der Waals surface area (Å²) in [7, 11) is 0. The standard InChI is InChI=1S/C8H13F6NS/c9-7(10,11)3-1-2-4-15-5-6-16-8(12,13)14/h15H,1-6H2. The van der Waals surface area contributed by atoms with Crippen LogP contribution < -0.4 is 5.32 Å². The van der Waals surface area contributed by atoms with E-state index in [1.54, 1.807) is 0 Å². The first-order valence-corrected chi connectivity index (χ1v) is 5.67. The minimum absolute atomic E-state index is 0.00289. The summed E-state index contributed by atoms with van der Waals surface area (Å²) in [6, 6.07) is 0. The van der Waals surface area contributed by atoms with Crippen molar-refractivity contribution in [1.29, 1.82) is 0 Å². The molecule has 0 aromatic rings. The van der Waals surface area contributed by atoms with Gasteiger partial charge in [0.1, 0.15) is 0 Å². The lowest BCUT2D eigenvalue weighted by Crippen LogP contribution is -2.20. The summed E-state index contributed by atoms with van der Waals surface area (Å²) < 4.78 is 69.9. The second kappa shape index (κ2) is 7.26. The predicted molar refractivity (Wildman–Crippen MR) is 51.3 cm³/mol. The maximum Gasteiger partial charge on any atom is 0.441 e. The molecule has 8 heteroatoms. The van der Waals surface area contributed by atoms with Crippen molar-refractivity contribution in [3.63, 3.8) is 0 Å². The smallest absolute Gasteiger partial charge is 0.316 e. The van der Waals surface area contributed by atoms with E-state index in [9.17, 15) is 26.3 Å². The normalized spacial score (nSPS) is 13.1. The zero-order valence-electron chi connectivity index (χ0n) is 8.42. The fourth-order valence-electron chi connectivity index (χ4n) is 0.939. The van der Waals surface area contributed by atoms with Crippen molar-refractivity contribution in [3.05, 3.63) is 0 Å². The van der Waals surface area contributed by atoms with E-state index in [0.29, 0.717) is 13.0 Å². The Kier molecular flexibility index (Phi) is 7.21. The van der Waals surface area contributed by atoms with Crippen molar-refractivity contribution in [1.82, 2.24) is 5.32 Å². The van der Waals surface area contributed by atoms with Crippen LogP contribution in [0.3, 0.4) is 0 Å². The highest BCUT2D eigenvalue weighted by atomic mass is 32.2. The maximum atomic E-state index is 11.7. The van der Waals surface area contributed by atoms with Crippen molar-refractivity contribution in [2.24, 2.45) is 0 Å². The predicted octanol–water partition coefficient (Wildman–Crippen LogP) is 3.56. The van der Waals surface area contributed by atoms with E-state index in [1.807, 2.05) is 0 Å². The summed E-state index contributed by atoms with van der Waals surface area (Å²) in [5.41, 5.74) is -4.24. The summed E-state index contributed by atoms with van der Waals surface area (Å²) in [4.78, 5) is 0. The molecule has 0 unspecified atom stereocenters. The van der Waals surface area contributed by atoms with Crippen LogP contribution >= 0.6 is 11.8 Å². The maximum absolute atomic E-state index is 11.7. The van der Waals surface area contributed by atoms with Crippen molar-refractivity contribution < 1.29 is 26.3 Å². The van der Waals surface area contributed by atoms with Gasteiger partial charge < -0.3 is 5.32 Å². The first-order chi connectivity index (χ1) is 7.21. The molecule has 1 nitrogen and oxygen atoms in total. The first kappa shape index (κ1) is 15.9. The Labute approximate surface area is 94.0 Å². The molecule has 16 heavy (non-hydrogen) atoms. The Bertz CT molecular complexity index is 158. The van der Waals surface area contributed by atoms with E-state index in [4.69, 9.17) is 0 Å². The average molecular weight is 269 g/mol. The van der Waals surface area contributed by atoms with Crippen LogP contribution in [0, 0.1) is 0 Å². The second-order valence-corrected chi connectivity index (χ2v) is 4.28. The van der Waals surface area contributed by atoms with Gasteiger partial charge in [0.15, 0.2) is 0 Å². The number of thioether (sulfide) groups is 1. The molecule has 0 amide bonds. The summed E-state index contributed by atoms with van der Waals surface area (Å²) in [6.45, 7) is 0.463. The molecule has 0 atom stereocenters. The van der Waals surface area contributed by atoms with E-state index in [2.05, 4.69) is 5.32 Å². The quantitative estimate of drug-likeness (QED) is 0.560. The van der Waals surface area contributed by atoms with Gasteiger partial charge in [-0.2, -0.15) is 26.3 Å². The van der Waals surface area contributed by atoms with Crippen LogP contribution in [0.5, 0.6) is 0 Å². The Morgan fingerprint density at radius 3 is 2.00 bits per heavy atom. The van der Waals surface area contributed by atoms with Gasteiger partial charge >= 0.3 is 11.7 Å². The van der Waals surface area contributed by atoms with E-state index in [0.717, 1.165) is 0 Å². The molecular formula is C8H13F6NS. The van der Waals surface area contributed by atoms with Crippen LogP contribution in [0.2, 0.25) is 0 Å². The molecule has 0 aromatic carbocycles. The minimum atomic E-state index is -4.24. The second-order valence-electron chi connectivity index (χ2n) is 3.12. The lowest BCUT2D eigenvalue weighted by molar-refractivity contribution is -0.135. The fourth-order valence-corrected chi connectivity index (χ4v) is 1.42. The van der Waals surface area contributed by atoms with Gasteiger partial charge in [0.25, 0.3) is 0 Å². The summed E-state index contributed by atoms with van der Waals surface area (Å²) in [5, 5.41) is 2.66. The number of nitrogens with one attached hydrogen (secondary N) is 1. The molecule has 0 saturated heterocycles. The van der Waals surface area contributed by atoms with Gasteiger partial charge in [-0.05, 0) is 31.1 Å². The topological polar surface area (TPSA) is 12.0 Å². The molecular weight excluding hydrogens is 256 g/mol. The summed E-state index contributed by atoms with van der Waals surface area (Å²) >= 11 is -0.141. The average Bonchev–Trinajstić information content (AvgIpc) is 2.06. The van der Waals surface area contributed by atoms with E-state index in [1.165, 1.54) is 0 Å². The molecule has 0 rings (SSSR count). The Morgan fingerprint density at radius 1 is 0.875 bits per heavy atom. The molecule has 0 heterocycles. The van der Waals surface area contributed by atoms with Crippen molar-refractivity contribution >= 4 is 11.8 Å². The highest BCUT2D eigenvalue weighted by molar-refractivity contribution is 8.00. The molecule has 0 fully saturated rings. The number of hydrogen-bond acceptors (Lipinski definition) is 2. The van der Waals surface area contributed by atoms with Gasteiger partial charge in [-0.25, -0.2) is 0 Å². The van der Waals surface area contributed by atoms with Gasteiger partial charge in [0, 0.05) is 18.7 Å². The van der Waals surface area contributed by atoms with Gasteiger partial charge in [-0.15, -0.1) is 0 Å². The molecule has 1 N–H and O–H groups in total. The third-order valence-electron chi connectivity index (χ3n) is 1.61. The van der Waals surface area contributed by atoms with Gasteiger partial charge in [-0.1, -0.05) is 0 Å².